The number of halogens is 2. The van der Waals surface area contributed by atoms with E-state index in [4.69, 9.17) is 0 Å². The Morgan fingerprint density at radius 3 is 2.88 bits per heavy atom. The molecule has 86 valence electrons. The molecule has 1 unspecified atom stereocenters. The Bertz CT molecular complexity index is 447. The highest BCUT2D eigenvalue weighted by molar-refractivity contribution is 9.10. The molecule has 16 heavy (non-hydrogen) atoms. The summed E-state index contributed by atoms with van der Waals surface area (Å²) in [4.78, 5) is 13.3. The summed E-state index contributed by atoms with van der Waals surface area (Å²) in [6.07, 6.45) is 1.67. The average molecular weight is 286 g/mol. The van der Waals surface area contributed by atoms with Gasteiger partial charge in [0.25, 0.3) is 0 Å². The SMILES string of the molecule is CC(=O)N1c2ccc(F)c(Br)c2CCC1C. The Morgan fingerprint density at radius 1 is 1.56 bits per heavy atom. The molecule has 2 nitrogen and oxygen atoms in total. The maximum atomic E-state index is 13.4. The lowest BCUT2D eigenvalue weighted by atomic mass is 9.96. The van der Waals surface area contributed by atoms with Crippen molar-refractivity contribution in [3.8, 4) is 0 Å². The van der Waals surface area contributed by atoms with E-state index in [-0.39, 0.29) is 17.8 Å². The highest BCUT2D eigenvalue weighted by Crippen LogP contribution is 2.36. The third-order valence-electron chi connectivity index (χ3n) is 3.02. The second-order valence-electron chi connectivity index (χ2n) is 4.14. The minimum absolute atomic E-state index is 0.00644. The first-order valence-electron chi connectivity index (χ1n) is 5.29. The first-order chi connectivity index (χ1) is 7.52. The number of amides is 1. The monoisotopic (exact) mass is 285 g/mol. The molecule has 0 bridgehead atoms. The number of benzene rings is 1. The molecule has 1 heterocycles. The molecule has 0 spiro atoms. The van der Waals surface area contributed by atoms with Gasteiger partial charge < -0.3 is 4.90 Å². The van der Waals surface area contributed by atoms with Gasteiger partial charge in [-0.05, 0) is 53.4 Å². The van der Waals surface area contributed by atoms with Crippen LogP contribution in [0.15, 0.2) is 16.6 Å². The van der Waals surface area contributed by atoms with Crippen molar-refractivity contribution in [1.29, 1.82) is 0 Å². The normalized spacial score (nSPS) is 19.5. The van der Waals surface area contributed by atoms with Gasteiger partial charge in [-0.2, -0.15) is 0 Å². The molecule has 0 aromatic heterocycles. The summed E-state index contributed by atoms with van der Waals surface area (Å²) in [6, 6.07) is 3.27. The fraction of sp³-hybridized carbons (Fsp3) is 0.417. The maximum Gasteiger partial charge on any atom is 0.224 e. The van der Waals surface area contributed by atoms with Gasteiger partial charge in [0.15, 0.2) is 0 Å². The average Bonchev–Trinajstić information content (AvgIpc) is 2.22. The fourth-order valence-corrected chi connectivity index (χ4v) is 2.78. The zero-order valence-corrected chi connectivity index (χ0v) is 10.8. The van der Waals surface area contributed by atoms with E-state index in [0.29, 0.717) is 4.47 Å². The fourth-order valence-electron chi connectivity index (χ4n) is 2.25. The number of rotatable bonds is 0. The first-order valence-corrected chi connectivity index (χ1v) is 6.08. The summed E-state index contributed by atoms with van der Waals surface area (Å²) >= 11 is 3.25. The minimum Gasteiger partial charge on any atom is -0.310 e. The molecular formula is C12H13BrFNO. The predicted molar refractivity (Wildman–Crippen MR) is 65.0 cm³/mol. The van der Waals surface area contributed by atoms with E-state index in [0.717, 1.165) is 24.1 Å². The summed E-state index contributed by atoms with van der Waals surface area (Å²) in [5.74, 6) is -0.260. The molecule has 0 aliphatic carbocycles. The number of hydrogen-bond donors (Lipinski definition) is 0. The summed E-state index contributed by atoms with van der Waals surface area (Å²) in [7, 11) is 0. The number of anilines is 1. The van der Waals surface area contributed by atoms with Gasteiger partial charge in [0.05, 0.1) is 4.47 Å². The number of fused-ring (bicyclic) bond motifs is 1. The standard InChI is InChI=1S/C12H13BrFNO/c1-7-3-4-9-11(15(7)8(2)16)6-5-10(14)12(9)13/h5-7H,3-4H2,1-2H3. The Labute approximate surface area is 103 Å². The van der Waals surface area contributed by atoms with Gasteiger partial charge in [-0.15, -0.1) is 0 Å². The van der Waals surface area contributed by atoms with Gasteiger partial charge in [-0.3, -0.25) is 4.79 Å². The van der Waals surface area contributed by atoms with Crippen LogP contribution in [0.2, 0.25) is 0 Å². The van der Waals surface area contributed by atoms with Crippen LogP contribution in [0.3, 0.4) is 0 Å². The Balaban J connectivity index is 2.57. The van der Waals surface area contributed by atoms with E-state index in [9.17, 15) is 9.18 Å². The molecule has 0 N–H and O–H groups in total. The van der Waals surface area contributed by atoms with Crippen LogP contribution in [0.4, 0.5) is 10.1 Å². The van der Waals surface area contributed by atoms with Crippen LogP contribution in [-0.2, 0) is 11.2 Å². The molecule has 1 aromatic carbocycles. The van der Waals surface area contributed by atoms with Gasteiger partial charge in [0.1, 0.15) is 5.82 Å². The van der Waals surface area contributed by atoms with Crippen LogP contribution in [0.1, 0.15) is 25.8 Å². The molecule has 0 fully saturated rings. The minimum atomic E-state index is -0.267. The van der Waals surface area contributed by atoms with Crippen molar-refractivity contribution in [3.05, 3.63) is 28.0 Å². The number of carbonyl (C=O) groups is 1. The zero-order chi connectivity index (χ0) is 11.9. The molecule has 1 aliphatic rings. The lowest BCUT2D eigenvalue weighted by molar-refractivity contribution is -0.117. The molecular weight excluding hydrogens is 273 g/mol. The molecule has 1 aromatic rings. The molecule has 1 aliphatic heterocycles. The van der Waals surface area contributed by atoms with Crippen molar-refractivity contribution in [3.63, 3.8) is 0 Å². The topological polar surface area (TPSA) is 20.3 Å². The lowest BCUT2D eigenvalue weighted by Gasteiger charge is -2.35. The highest BCUT2D eigenvalue weighted by atomic mass is 79.9. The van der Waals surface area contributed by atoms with E-state index in [1.54, 1.807) is 17.9 Å². The van der Waals surface area contributed by atoms with Gasteiger partial charge in [-0.1, -0.05) is 0 Å². The second-order valence-corrected chi connectivity index (χ2v) is 4.93. The molecule has 1 atom stereocenters. The maximum absolute atomic E-state index is 13.4. The van der Waals surface area contributed by atoms with Crippen molar-refractivity contribution in [2.75, 3.05) is 4.90 Å². The molecule has 0 saturated heterocycles. The van der Waals surface area contributed by atoms with Crippen LogP contribution >= 0.6 is 15.9 Å². The molecule has 2 rings (SSSR count). The van der Waals surface area contributed by atoms with Crippen LogP contribution in [0, 0.1) is 5.82 Å². The molecule has 1 amide bonds. The van der Waals surface area contributed by atoms with E-state index >= 15 is 0 Å². The van der Waals surface area contributed by atoms with Crippen molar-refractivity contribution < 1.29 is 9.18 Å². The van der Waals surface area contributed by atoms with Crippen molar-refractivity contribution >= 4 is 27.5 Å². The summed E-state index contributed by atoms with van der Waals surface area (Å²) in [5.41, 5.74) is 1.73. The van der Waals surface area contributed by atoms with E-state index in [1.807, 2.05) is 6.92 Å². The summed E-state index contributed by atoms with van der Waals surface area (Å²) < 4.78 is 13.9. The van der Waals surface area contributed by atoms with Crippen LogP contribution in [0.25, 0.3) is 0 Å². The van der Waals surface area contributed by atoms with Crippen molar-refractivity contribution in [2.24, 2.45) is 0 Å². The summed E-state index contributed by atoms with van der Waals surface area (Å²) in [6.45, 7) is 3.56. The van der Waals surface area contributed by atoms with Crippen molar-refractivity contribution in [2.45, 2.75) is 32.7 Å². The second kappa shape index (κ2) is 4.17. The van der Waals surface area contributed by atoms with Gasteiger partial charge in [0, 0.05) is 18.7 Å². The van der Waals surface area contributed by atoms with Crippen LogP contribution in [0.5, 0.6) is 0 Å². The number of hydrogen-bond acceptors (Lipinski definition) is 1. The first kappa shape index (κ1) is 11.6. The van der Waals surface area contributed by atoms with Gasteiger partial charge in [-0.25, -0.2) is 4.39 Å². The highest BCUT2D eigenvalue weighted by Gasteiger charge is 2.28. The smallest absolute Gasteiger partial charge is 0.224 e. The molecule has 4 heteroatoms. The Morgan fingerprint density at radius 2 is 2.25 bits per heavy atom. The largest absolute Gasteiger partial charge is 0.310 e. The Kier molecular flexibility index (Phi) is 3.02. The third-order valence-corrected chi connectivity index (χ3v) is 3.88. The number of nitrogens with zero attached hydrogens (tertiary/aromatic N) is 1. The van der Waals surface area contributed by atoms with Gasteiger partial charge >= 0.3 is 0 Å². The van der Waals surface area contributed by atoms with Crippen molar-refractivity contribution in [1.82, 2.24) is 0 Å². The van der Waals surface area contributed by atoms with Crippen LogP contribution in [-0.4, -0.2) is 11.9 Å². The van der Waals surface area contributed by atoms with E-state index < -0.39 is 0 Å². The number of carbonyl (C=O) groups excluding carboxylic acids is 1. The third kappa shape index (κ3) is 1.75. The van der Waals surface area contributed by atoms with Crippen LogP contribution < -0.4 is 4.90 Å². The Hall–Kier alpha value is -0.900. The van der Waals surface area contributed by atoms with E-state index in [1.165, 1.54) is 6.07 Å². The molecule has 0 radical (unpaired) electrons. The summed E-state index contributed by atoms with van der Waals surface area (Å²) in [5, 5.41) is 0. The zero-order valence-electron chi connectivity index (χ0n) is 9.26. The van der Waals surface area contributed by atoms with E-state index in [2.05, 4.69) is 15.9 Å². The molecule has 0 saturated carbocycles. The lowest BCUT2D eigenvalue weighted by Crippen LogP contribution is -2.40. The predicted octanol–water partition coefficient (Wildman–Crippen LogP) is 3.28. The van der Waals surface area contributed by atoms with Gasteiger partial charge in [0.2, 0.25) is 5.91 Å². The quantitative estimate of drug-likeness (QED) is 0.716.